The van der Waals surface area contributed by atoms with Gasteiger partial charge in [-0.3, -0.25) is 4.79 Å². The Balaban J connectivity index is 3.12. The molecule has 0 unspecified atom stereocenters. The van der Waals surface area contributed by atoms with Gasteiger partial charge in [0.2, 0.25) is 0 Å². The van der Waals surface area contributed by atoms with Crippen LogP contribution in [-0.2, 0) is 34.9 Å². The fourth-order valence-electron chi connectivity index (χ4n) is 2.91. The van der Waals surface area contributed by atoms with E-state index in [-0.39, 0.29) is 62.6 Å². The van der Waals surface area contributed by atoms with Gasteiger partial charge >= 0.3 is 24.4 Å². The molecule has 0 bridgehead atoms. The Bertz CT molecular complexity index is 932. The lowest BCUT2D eigenvalue weighted by Crippen LogP contribution is -2.51. The second kappa shape index (κ2) is 16.3. The second-order valence-electron chi connectivity index (χ2n) is 9.42. The van der Waals surface area contributed by atoms with Crippen LogP contribution in [0.4, 0.5) is 14.4 Å². The Morgan fingerprint density at radius 1 is 0.816 bits per heavy atom. The molecule has 0 amide bonds. The summed E-state index contributed by atoms with van der Waals surface area (Å²) in [5.74, 6) is -0.856. The lowest BCUT2D eigenvalue weighted by atomic mass is 9.88. The van der Waals surface area contributed by atoms with Crippen LogP contribution >= 0.6 is 0 Å². The van der Waals surface area contributed by atoms with E-state index in [2.05, 4.69) is 0 Å². The van der Waals surface area contributed by atoms with Crippen molar-refractivity contribution >= 4 is 24.4 Å². The third-order valence-corrected chi connectivity index (χ3v) is 4.77. The van der Waals surface area contributed by atoms with Gasteiger partial charge in [-0.2, -0.15) is 0 Å². The summed E-state index contributed by atoms with van der Waals surface area (Å²) >= 11 is 0. The maximum Gasteiger partial charge on any atom is 0.513 e. The number of methoxy groups -OCH3 is 1. The van der Waals surface area contributed by atoms with Crippen LogP contribution in [0.3, 0.4) is 0 Å². The van der Waals surface area contributed by atoms with Crippen molar-refractivity contribution in [3.05, 3.63) is 23.8 Å². The zero-order chi connectivity index (χ0) is 28.7. The Hall–Kier alpha value is -3.54. The van der Waals surface area contributed by atoms with Crippen molar-refractivity contribution in [3.63, 3.8) is 0 Å². The number of esters is 1. The summed E-state index contributed by atoms with van der Waals surface area (Å²) in [7, 11) is 1.18. The van der Waals surface area contributed by atoms with Gasteiger partial charge in [0.05, 0.1) is 33.5 Å². The summed E-state index contributed by atoms with van der Waals surface area (Å²) in [6, 6.07) is 4.27. The van der Waals surface area contributed by atoms with Crippen LogP contribution < -0.4 is 15.2 Å². The summed E-state index contributed by atoms with van der Waals surface area (Å²) in [5, 5.41) is 0. The number of carbonyl (C=O) groups is 4. The van der Waals surface area contributed by atoms with Gasteiger partial charge in [-0.1, -0.05) is 40.7 Å². The smallest absolute Gasteiger partial charge is 0.468 e. The normalized spacial score (nSPS) is 12.3. The molecule has 2 N–H and O–H groups in total. The molecule has 1 aromatic carbocycles. The van der Waals surface area contributed by atoms with E-state index in [0.717, 1.165) is 0 Å². The highest BCUT2D eigenvalue weighted by Crippen LogP contribution is 2.31. The molecule has 0 aromatic heterocycles. The van der Waals surface area contributed by atoms with Crippen molar-refractivity contribution in [2.75, 3.05) is 33.5 Å². The average molecular weight is 542 g/mol. The van der Waals surface area contributed by atoms with Crippen molar-refractivity contribution < 1.29 is 52.3 Å². The van der Waals surface area contributed by atoms with Gasteiger partial charge in [0, 0.05) is 12.8 Å². The number of benzene rings is 1. The van der Waals surface area contributed by atoms with Crippen molar-refractivity contribution in [3.8, 4) is 11.5 Å². The van der Waals surface area contributed by atoms with E-state index in [9.17, 15) is 19.2 Å². The molecule has 0 radical (unpaired) electrons. The highest BCUT2D eigenvalue weighted by atomic mass is 16.7. The van der Waals surface area contributed by atoms with Gasteiger partial charge in [0.1, 0.15) is 5.54 Å². The van der Waals surface area contributed by atoms with Crippen molar-refractivity contribution in [1.29, 1.82) is 0 Å². The van der Waals surface area contributed by atoms with Crippen LogP contribution in [0, 0.1) is 11.8 Å². The molecule has 0 spiro atoms. The molecule has 0 aliphatic rings. The largest absolute Gasteiger partial charge is 0.513 e. The van der Waals surface area contributed by atoms with E-state index < -0.39 is 30.0 Å². The Kier molecular flexibility index (Phi) is 14.0. The predicted octanol–water partition coefficient (Wildman–Crippen LogP) is 4.40. The maximum atomic E-state index is 12.5. The minimum atomic E-state index is -1.60. The van der Waals surface area contributed by atoms with E-state index in [1.54, 1.807) is 0 Å². The minimum Gasteiger partial charge on any atom is -0.468 e. The van der Waals surface area contributed by atoms with Crippen molar-refractivity contribution in [2.24, 2.45) is 17.6 Å². The van der Waals surface area contributed by atoms with Gasteiger partial charge in [-0.25, -0.2) is 14.4 Å². The first-order valence-electron chi connectivity index (χ1n) is 12.4. The summed E-state index contributed by atoms with van der Waals surface area (Å²) in [5.41, 5.74) is 5.17. The number of hydrogen-bond acceptors (Lipinski definition) is 12. The van der Waals surface area contributed by atoms with Crippen molar-refractivity contribution in [1.82, 2.24) is 0 Å². The highest BCUT2D eigenvalue weighted by Gasteiger charge is 2.36. The molecule has 0 saturated heterocycles. The molecule has 0 aliphatic heterocycles. The monoisotopic (exact) mass is 541 g/mol. The third-order valence-electron chi connectivity index (χ3n) is 4.77. The molecular formula is C26H39NO11. The summed E-state index contributed by atoms with van der Waals surface area (Å²) in [6.07, 6.45) is -2.43. The lowest BCUT2D eigenvalue weighted by molar-refractivity contribution is -0.147. The number of carbonyl (C=O) groups excluding carboxylic acids is 4. The Labute approximate surface area is 223 Å². The molecular weight excluding hydrogens is 502 g/mol. The molecule has 0 fully saturated rings. The quantitative estimate of drug-likeness (QED) is 0.201. The number of rotatable bonds is 14. The van der Waals surface area contributed by atoms with E-state index in [4.69, 9.17) is 38.9 Å². The molecule has 1 rings (SSSR count). The summed E-state index contributed by atoms with van der Waals surface area (Å²) < 4.78 is 35.3. The predicted molar refractivity (Wildman–Crippen MR) is 135 cm³/mol. The topological polar surface area (TPSA) is 159 Å². The van der Waals surface area contributed by atoms with Crippen LogP contribution in [-0.4, -0.2) is 63.5 Å². The molecule has 1 aromatic rings. The number of ether oxygens (including phenoxy) is 7. The zero-order valence-electron chi connectivity index (χ0n) is 22.9. The molecule has 0 saturated carbocycles. The standard InChI is InChI=1S/C26H39NO11/c1-7-11-33-23(29)34-12-10-26(27,22(28)32-6)14-19-8-9-20(37-24(30)35-15-17(2)3)21(13-19)38-25(31)36-16-18(4)5/h8-9,13,17-18H,7,10-12,14-16,27H2,1-6H3/t26-/m1/s1. The van der Waals surface area contributed by atoms with Crippen molar-refractivity contribution in [2.45, 2.75) is 59.4 Å². The Morgan fingerprint density at radius 2 is 1.37 bits per heavy atom. The van der Waals surface area contributed by atoms with Gasteiger partial charge in [0.15, 0.2) is 11.5 Å². The number of hydrogen-bond donors (Lipinski definition) is 1. The van der Waals surface area contributed by atoms with Gasteiger partial charge in [-0.15, -0.1) is 0 Å². The summed E-state index contributed by atoms with van der Waals surface area (Å²) in [4.78, 5) is 48.5. The van der Waals surface area contributed by atoms with E-state index in [1.165, 1.54) is 25.3 Å². The van der Waals surface area contributed by atoms with E-state index >= 15 is 0 Å². The zero-order valence-corrected chi connectivity index (χ0v) is 22.9. The molecule has 38 heavy (non-hydrogen) atoms. The molecule has 214 valence electrons. The van der Waals surface area contributed by atoms with Crippen LogP contribution in [0.15, 0.2) is 18.2 Å². The van der Waals surface area contributed by atoms with Crippen LogP contribution in [0.5, 0.6) is 11.5 Å². The lowest BCUT2D eigenvalue weighted by Gasteiger charge is -2.26. The second-order valence-corrected chi connectivity index (χ2v) is 9.42. The summed E-state index contributed by atoms with van der Waals surface area (Å²) in [6.45, 7) is 9.51. The average Bonchev–Trinajstić information content (AvgIpc) is 2.85. The molecule has 12 heteroatoms. The number of nitrogens with two attached hydrogens (primary N) is 1. The first kappa shape index (κ1) is 32.5. The van der Waals surface area contributed by atoms with Gasteiger partial charge < -0.3 is 38.9 Å². The van der Waals surface area contributed by atoms with Crippen LogP contribution in [0.2, 0.25) is 0 Å². The molecule has 12 nitrogen and oxygen atoms in total. The highest BCUT2D eigenvalue weighted by molar-refractivity contribution is 5.81. The first-order valence-corrected chi connectivity index (χ1v) is 12.4. The minimum absolute atomic E-state index is 0.0648. The third kappa shape index (κ3) is 12.1. The van der Waals surface area contributed by atoms with Gasteiger partial charge in [0.25, 0.3) is 0 Å². The van der Waals surface area contributed by atoms with E-state index in [1.807, 2.05) is 34.6 Å². The van der Waals surface area contributed by atoms with Crippen LogP contribution in [0.1, 0.15) is 53.0 Å². The fraction of sp³-hybridized carbons (Fsp3) is 0.615. The van der Waals surface area contributed by atoms with Gasteiger partial charge in [-0.05, 0) is 36.0 Å². The fourth-order valence-corrected chi connectivity index (χ4v) is 2.91. The molecule has 1 atom stereocenters. The van der Waals surface area contributed by atoms with Crippen LogP contribution in [0.25, 0.3) is 0 Å². The van der Waals surface area contributed by atoms with E-state index in [0.29, 0.717) is 12.0 Å². The maximum absolute atomic E-state index is 12.5. The first-order chi connectivity index (χ1) is 17.9. The SMILES string of the molecule is CCCOC(=O)OCC[C@@](N)(Cc1ccc(OC(=O)OCC(C)C)c(OC(=O)OCC(C)C)c1)C(=O)OC. The molecule has 0 heterocycles. The Morgan fingerprint density at radius 3 is 1.89 bits per heavy atom. The molecule has 0 aliphatic carbocycles.